The van der Waals surface area contributed by atoms with E-state index in [-0.39, 0.29) is 16.5 Å². The van der Waals surface area contributed by atoms with Crippen molar-refractivity contribution < 1.29 is 17.6 Å². The Morgan fingerprint density at radius 3 is 2.58 bits per heavy atom. The van der Waals surface area contributed by atoms with E-state index in [1.807, 2.05) is 30.3 Å². The van der Waals surface area contributed by atoms with Crippen LogP contribution < -0.4 is 0 Å². The van der Waals surface area contributed by atoms with Crippen LogP contribution >= 0.6 is 11.3 Å². The smallest absolute Gasteiger partial charge is 0.254 e. The fourth-order valence-corrected chi connectivity index (χ4v) is 6.06. The van der Waals surface area contributed by atoms with Gasteiger partial charge in [0.25, 0.3) is 5.91 Å². The van der Waals surface area contributed by atoms with Crippen molar-refractivity contribution in [3.63, 3.8) is 0 Å². The SMILES string of the molecule is CN1Cc2cc(-c3ccc(-c4cnc(F)c(CS(=O)(=O)c5ccccn5)c4)s3)ccc2C1=O. The number of carbonyl (C=O) groups excluding carboxylic acids is 1. The van der Waals surface area contributed by atoms with E-state index in [0.29, 0.717) is 12.1 Å². The molecule has 0 N–H and O–H groups in total. The van der Waals surface area contributed by atoms with Gasteiger partial charge in [0.05, 0.1) is 5.75 Å². The largest absolute Gasteiger partial charge is 0.337 e. The van der Waals surface area contributed by atoms with E-state index in [1.54, 1.807) is 24.1 Å². The maximum absolute atomic E-state index is 14.4. The summed E-state index contributed by atoms with van der Waals surface area (Å²) in [6, 6.07) is 15.7. The first-order valence-electron chi connectivity index (χ1n) is 10.1. The Bertz CT molecular complexity index is 1480. The monoisotopic (exact) mass is 479 g/mol. The van der Waals surface area contributed by atoms with Gasteiger partial charge in [-0.3, -0.25) is 4.79 Å². The normalized spacial score (nSPS) is 13.4. The molecule has 6 nitrogen and oxygen atoms in total. The molecule has 5 rings (SSSR count). The summed E-state index contributed by atoms with van der Waals surface area (Å²) < 4.78 is 39.7. The van der Waals surface area contributed by atoms with Gasteiger partial charge in [-0.2, -0.15) is 4.39 Å². The molecule has 0 fully saturated rings. The Balaban J connectivity index is 1.44. The van der Waals surface area contributed by atoms with Crippen LogP contribution in [0.25, 0.3) is 20.9 Å². The fraction of sp³-hybridized carbons (Fsp3) is 0.125. The molecule has 3 aromatic heterocycles. The van der Waals surface area contributed by atoms with E-state index in [2.05, 4.69) is 9.97 Å². The molecular weight excluding hydrogens is 461 g/mol. The minimum Gasteiger partial charge on any atom is -0.337 e. The van der Waals surface area contributed by atoms with E-state index in [1.165, 1.54) is 35.9 Å². The molecule has 1 aliphatic heterocycles. The first-order chi connectivity index (χ1) is 15.8. The van der Waals surface area contributed by atoms with E-state index in [0.717, 1.165) is 26.4 Å². The van der Waals surface area contributed by atoms with E-state index in [9.17, 15) is 17.6 Å². The predicted molar refractivity (Wildman–Crippen MR) is 124 cm³/mol. The molecule has 0 bridgehead atoms. The number of pyridine rings is 2. The second kappa shape index (κ2) is 8.17. The molecule has 0 radical (unpaired) electrons. The second-order valence-electron chi connectivity index (χ2n) is 7.80. The van der Waals surface area contributed by atoms with Gasteiger partial charge in [-0.05, 0) is 53.6 Å². The highest BCUT2D eigenvalue weighted by atomic mass is 32.2. The van der Waals surface area contributed by atoms with Gasteiger partial charge in [0.1, 0.15) is 0 Å². The topological polar surface area (TPSA) is 80.2 Å². The molecule has 1 amide bonds. The third-order valence-corrected chi connectivity index (χ3v) is 8.23. The highest BCUT2D eigenvalue weighted by Crippen LogP contribution is 2.36. The van der Waals surface area contributed by atoms with Crippen LogP contribution in [0.1, 0.15) is 21.5 Å². The predicted octanol–water partition coefficient (Wildman–Crippen LogP) is 4.57. The molecule has 0 saturated heterocycles. The molecule has 0 spiro atoms. The summed E-state index contributed by atoms with van der Waals surface area (Å²) in [4.78, 5) is 23.3. The number of hydrogen-bond donors (Lipinski definition) is 0. The number of thiophene rings is 1. The maximum atomic E-state index is 14.4. The van der Waals surface area contributed by atoms with Gasteiger partial charge >= 0.3 is 0 Å². The van der Waals surface area contributed by atoms with Crippen molar-refractivity contribution in [3.8, 4) is 20.9 Å². The average Bonchev–Trinajstić information content (AvgIpc) is 3.41. The number of carbonyl (C=O) groups is 1. The number of rotatable bonds is 5. The van der Waals surface area contributed by atoms with Crippen molar-refractivity contribution in [2.24, 2.45) is 0 Å². The number of aromatic nitrogens is 2. The summed E-state index contributed by atoms with van der Waals surface area (Å²) in [6.45, 7) is 0.580. The summed E-state index contributed by atoms with van der Waals surface area (Å²) in [5, 5.41) is -0.103. The molecule has 9 heteroatoms. The quantitative estimate of drug-likeness (QED) is 0.392. The Kier molecular flexibility index (Phi) is 5.30. The van der Waals surface area contributed by atoms with Crippen molar-refractivity contribution in [1.29, 1.82) is 0 Å². The van der Waals surface area contributed by atoms with Gasteiger partial charge in [0, 0.05) is 52.4 Å². The van der Waals surface area contributed by atoms with Crippen LogP contribution in [0.4, 0.5) is 4.39 Å². The molecule has 0 unspecified atom stereocenters. The average molecular weight is 480 g/mol. The number of halogens is 1. The van der Waals surface area contributed by atoms with E-state index in [4.69, 9.17) is 0 Å². The Morgan fingerprint density at radius 1 is 1.03 bits per heavy atom. The zero-order valence-electron chi connectivity index (χ0n) is 17.5. The lowest BCUT2D eigenvalue weighted by atomic mass is 10.1. The summed E-state index contributed by atoms with van der Waals surface area (Å²) >= 11 is 1.49. The van der Waals surface area contributed by atoms with Crippen LogP contribution in [0.15, 0.2) is 72.0 Å². The lowest BCUT2D eigenvalue weighted by molar-refractivity contribution is 0.0816. The van der Waals surface area contributed by atoms with Gasteiger partial charge in [0.15, 0.2) is 14.9 Å². The van der Waals surface area contributed by atoms with Gasteiger partial charge in [-0.25, -0.2) is 18.4 Å². The molecule has 166 valence electrons. The van der Waals surface area contributed by atoms with Gasteiger partial charge in [0.2, 0.25) is 5.95 Å². The van der Waals surface area contributed by atoms with Crippen LogP contribution in [-0.4, -0.2) is 36.2 Å². The van der Waals surface area contributed by atoms with Gasteiger partial charge in [-0.1, -0.05) is 12.1 Å². The zero-order valence-corrected chi connectivity index (χ0v) is 19.2. The number of hydrogen-bond acceptors (Lipinski definition) is 6. The van der Waals surface area contributed by atoms with Crippen molar-refractivity contribution in [3.05, 3.63) is 89.6 Å². The minimum absolute atomic E-state index is 0.00724. The highest BCUT2D eigenvalue weighted by Gasteiger charge is 2.25. The maximum Gasteiger partial charge on any atom is 0.254 e. The van der Waals surface area contributed by atoms with Crippen molar-refractivity contribution in [2.75, 3.05) is 7.05 Å². The summed E-state index contributed by atoms with van der Waals surface area (Å²) in [5.41, 5.74) is 3.32. The molecule has 0 saturated carbocycles. The lowest BCUT2D eigenvalue weighted by Gasteiger charge is -2.06. The second-order valence-corrected chi connectivity index (χ2v) is 10.8. The Labute approximate surface area is 194 Å². The van der Waals surface area contributed by atoms with Crippen molar-refractivity contribution in [1.82, 2.24) is 14.9 Å². The third-order valence-electron chi connectivity index (χ3n) is 5.48. The first kappa shape index (κ1) is 21.4. The van der Waals surface area contributed by atoms with Crippen molar-refractivity contribution in [2.45, 2.75) is 17.3 Å². The van der Waals surface area contributed by atoms with Crippen LogP contribution in [-0.2, 0) is 22.1 Å². The highest BCUT2D eigenvalue weighted by molar-refractivity contribution is 7.90. The molecule has 4 heterocycles. The first-order valence-corrected chi connectivity index (χ1v) is 12.6. The van der Waals surface area contributed by atoms with E-state index < -0.39 is 21.5 Å². The minimum atomic E-state index is -3.81. The van der Waals surface area contributed by atoms with Crippen molar-refractivity contribution >= 4 is 27.1 Å². The number of sulfone groups is 1. The van der Waals surface area contributed by atoms with Gasteiger partial charge < -0.3 is 4.90 Å². The lowest BCUT2D eigenvalue weighted by Crippen LogP contribution is -2.17. The van der Waals surface area contributed by atoms with Crippen LogP contribution in [0.5, 0.6) is 0 Å². The van der Waals surface area contributed by atoms with Crippen LogP contribution in [0.3, 0.4) is 0 Å². The van der Waals surface area contributed by atoms with E-state index >= 15 is 0 Å². The number of nitrogens with zero attached hydrogens (tertiary/aromatic N) is 3. The zero-order chi connectivity index (χ0) is 23.2. The van der Waals surface area contributed by atoms with Gasteiger partial charge in [-0.15, -0.1) is 11.3 Å². The number of fused-ring (bicyclic) bond motifs is 1. The number of benzene rings is 1. The summed E-state index contributed by atoms with van der Waals surface area (Å²) in [5.74, 6) is -1.32. The molecule has 1 aliphatic rings. The molecule has 1 aromatic carbocycles. The third kappa shape index (κ3) is 4.05. The Morgan fingerprint density at radius 2 is 1.82 bits per heavy atom. The van der Waals surface area contributed by atoms with Crippen LogP contribution in [0, 0.1) is 5.95 Å². The summed E-state index contributed by atoms with van der Waals surface area (Å²) in [6.07, 6.45) is 2.79. The molecule has 0 aliphatic carbocycles. The fourth-order valence-electron chi connectivity index (χ4n) is 3.81. The standard InChI is InChI=1S/C24H18FN3O3S2/c1-28-13-17-10-15(5-6-19(17)24(28)29)20-7-8-21(32-20)16-11-18(23(25)27-12-16)14-33(30,31)22-4-2-3-9-26-22/h2-12H,13-14H2,1H3. The number of amides is 1. The Hall–Kier alpha value is -3.43. The molecule has 4 aromatic rings. The van der Waals surface area contributed by atoms with Crippen LogP contribution in [0.2, 0.25) is 0 Å². The molecular formula is C24H18FN3O3S2. The molecule has 33 heavy (non-hydrogen) atoms. The summed E-state index contributed by atoms with van der Waals surface area (Å²) in [7, 11) is -2.03. The molecule has 0 atom stereocenters.